The lowest BCUT2D eigenvalue weighted by atomic mass is 10.0. The summed E-state index contributed by atoms with van der Waals surface area (Å²) < 4.78 is 32.8. The monoisotopic (exact) mass is 353 g/mol. The molecule has 0 aliphatic heterocycles. The fraction of sp³-hybridized carbons (Fsp3) is 0.100. The number of sulfonamides is 1. The van der Waals surface area contributed by atoms with Crippen molar-refractivity contribution < 1.29 is 13.2 Å². The summed E-state index contributed by atoms with van der Waals surface area (Å²) >= 11 is 0. The zero-order chi connectivity index (χ0) is 17.9. The molecular formula is C20H19NO3S. The maximum absolute atomic E-state index is 12.4. The van der Waals surface area contributed by atoms with E-state index in [-0.39, 0.29) is 4.90 Å². The van der Waals surface area contributed by atoms with Crippen LogP contribution < -0.4 is 9.46 Å². The normalized spacial score (nSPS) is 11.1. The molecule has 3 rings (SSSR count). The van der Waals surface area contributed by atoms with Crippen LogP contribution >= 0.6 is 0 Å². The molecular weight excluding hydrogens is 334 g/mol. The number of benzene rings is 3. The van der Waals surface area contributed by atoms with E-state index in [1.54, 1.807) is 43.5 Å². The Morgan fingerprint density at radius 3 is 2.12 bits per heavy atom. The average Bonchev–Trinajstić information content (AvgIpc) is 2.62. The first-order chi connectivity index (χ1) is 12.0. The van der Waals surface area contributed by atoms with Crippen molar-refractivity contribution in [3.63, 3.8) is 0 Å². The molecule has 0 fully saturated rings. The molecule has 0 atom stereocenters. The van der Waals surface area contributed by atoms with Crippen molar-refractivity contribution in [2.45, 2.75) is 11.8 Å². The van der Waals surface area contributed by atoms with Gasteiger partial charge in [-0.1, -0.05) is 48.0 Å². The van der Waals surface area contributed by atoms with Crippen LogP contribution in [-0.4, -0.2) is 15.5 Å². The van der Waals surface area contributed by atoms with E-state index in [1.807, 2.05) is 43.3 Å². The molecule has 25 heavy (non-hydrogen) atoms. The molecule has 0 spiro atoms. The van der Waals surface area contributed by atoms with Gasteiger partial charge in [-0.05, 0) is 42.8 Å². The van der Waals surface area contributed by atoms with Crippen LogP contribution in [0.25, 0.3) is 11.1 Å². The molecule has 0 aromatic heterocycles. The summed E-state index contributed by atoms with van der Waals surface area (Å²) in [5, 5.41) is 0. The lowest BCUT2D eigenvalue weighted by Crippen LogP contribution is -2.12. The number of rotatable bonds is 5. The van der Waals surface area contributed by atoms with Crippen LogP contribution in [-0.2, 0) is 10.0 Å². The van der Waals surface area contributed by atoms with Crippen molar-refractivity contribution in [1.82, 2.24) is 0 Å². The third-order valence-corrected chi connectivity index (χ3v) is 5.28. The minimum Gasteiger partial charge on any atom is -0.496 e. The quantitative estimate of drug-likeness (QED) is 0.736. The fourth-order valence-electron chi connectivity index (χ4n) is 2.53. The number of para-hydroxylation sites is 1. The number of aryl methyl sites for hydroxylation is 1. The molecule has 0 aliphatic rings. The highest BCUT2D eigenvalue weighted by Crippen LogP contribution is 2.30. The van der Waals surface area contributed by atoms with Crippen LogP contribution in [0.3, 0.4) is 0 Å². The third-order valence-electron chi connectivity index (χ3n) is 3.89. The second-order valence-electron chi connectivity index (χ2n) is 5.70. The summed E-state index contributed by atoms with van der Waals surface area (Å²) in [7, 11) is -1.97. The predicted octanol–water partition coefficient (Wildman–Crippen LogP) is 4.47. The molecule has 4 nitrogen and oxygen atoms in total. The molecule has 0 aliphatic carbocycles. The van der Waals surface area contributed by atoms with E-state index >= 15 is 0 Å². The van der Waals surface area contributed by atoms with Crippen LogP contribution in [0.15, 0.2) is 77.7 Å². The van der Waals surface area contributed by atoms with Gasteiger partial charge in [0.05, 0.1) is 12.0 Å². The van der Waals surface area contributed by atoms with Crippen molar-refractivity contribution in [1.29, 1.82) is 0 Å². The first kappa shape index (κ1) is 17.0. The first-order valence-corrected chi connectivity index (χ1v) is 9.31. The number of anilines is 1. The van der Waals surface area contributed by atoms with E-state index in [2.05, 4.69) is 4.72 Å². The Balaban J connectivity index is 1.84. The molecule has 0 unspecified atom stereocenters. The minimum absolute atomic E-state index is 0.243. The highest BCUT2D eigenvalue weighted by Gasteiger charge is 2.14. The zero-order valence-corrected chi connectivity index (χ0v) is 14.9. The number of methoxy groups -OCH3 is 1. The molecule has 0 radical (unpaired) electrons. The highest BCUT2D eigenvalue weighted by molar-refractivity contribution is 7.92. The Hall–Kier alpha value is -2.79. The van der Waals surface area contributed by atoms with Gasteiger partial charge in [0.2, 0.25) is 0 Å². The van der Waals surface area contributed by atoms with Gasteiger partial charge in [0.25, 0.3) is 10.0 Å². The maximum atomic E-state index is 12.4. The summed E-state index contributed by atoms with van der Waals surface area (Å²) in [5.41, 5.74) is 3.44. The van der Waals surface area contributed by atoms with Crippen molar-refractivity contribution in [2.75, 3.05) is 11.8 Å². The van der Waals surface area contributed by atoms with Crippen LogP contribution in [0.1, 0.15) is 5.56 Å². The van der Waals surface area contributed by atoms with Crippen LogP contribution in [0, 0.1) is 6.92 Å². The smallest absolute Gasteiger partial charge is 0.261 e. The largest absolute Gasteiger partial charge is 0.496 e. The van der Waals surface area contributed by atoms with E-state index in [4.69, 9.17) is 4.74 Å². The van der Waals surface area contributed by atoms with E-state index in [0.717, 1.165) is 22.4 Å². The van der Waals surface area contributed by atoms with Gasteiger partial charge in [0.15, 0.2) is 0 Å². The van der Waals surface area contributed by atoms with Gasteiger partial charge in [-0.15, -0.1) is 0 Å². The van der Waals surface area contributed by atoms with Crippen molar-refractivity contribution in [2.24, 2.45) is 0 Å². The molecule has 3 aromatic carbocycles. The molecule has 5 heteroatoms. The molecule has 3 aromatic rings. The summed E-state index contributed by atoms with van der Waals surface area (Å²) in [6.45, 7) is 1.92. The van der Waals surface area contributed by atoms with Crippen LogP contribution in [0.5, 0.6) is 5.75 Å². The molecule has 1 N–H and O–H groups in total. The Morgan fingerprint density at radius 1 is 0.840 bits per heavy atom. The number of nitrogens with one attached hydrogen (secondary N) is 1. The number of hydrogen-bond donors (Lipinski definition) is 1. The summed E-state index contributed by atoms with van der Waals surface area (Å²) in [5.74, 6) is 0.774. The minimum atomic E-state index is -3.60. The van der Waals surface area contributed by atoms with Gasteiger partial charge < -0.3 is 4.74 Å². The van der Waals surface area contributed by atoms with Crippen LogP contribution in [0.2, 0.25) is 0 Å². The molecule has 0 saturated heterocycles. The van der Waals surface area contributed by atoms with Gasteiger partial charge in [-0.3, -0.25) is 4.72 Å². The van der Waals surface area contributed by atoms with Crippen molar-refractivity contribution in [3.8, 4) is 16.9 Å². The SMILES string of the molecule is COc1ccccc1-c1ccc(NS(=O)(=O)c2ccc(C)cc2)cc1. The Labute approximate surface area is 148 Å². The van der Waals surface area contributed by atoms with E-state index in [9.17, 15) is 8.42 Å². The lowest BCUT2D eigenvalue weighted by molar-refractivity contribution is 0.416. The standard InChI is InChI=1S/C20H19NO3S/c1-15-7-13-18(14-8-15)25(22,23)21-17-11-9-16(10-12-17)19-5-3-4-6-20(19)24-2/h3-14,21H,1-2H3. The Morgan fingerprint density at radius 2 is 1.48 bits per heavy atom. The van der Waals surface area contributed by atoms with Gasteiger partial charge in [-0.25, -0.2) is 8.42 Å². The molecule has 0 bridgehead atoms. The van der Waals surface area contributed by atoms with E-state index < -0.39 is 10.0 Å². The summed E-state index contributed by atoms with van der Waals surface area (Å²) in [6.07, 6.45) is 0. The van der Waals surface area contributed by atoms with Gasteiger partial charge in [0, 0.05) is 11.3 Å². The van der Waals surface area contributed by atoms with Gasteiger partial charge in [0.1, 0.15) is 5.75 Å². The molecule has 0 heterocycles. The van der Waals surface area contributed by atoms with Crippen molar-refractivity contribution >= 4 is 15.7 Å². The van der Waals surface area contributed by atoms with Crippen molar-refractivity contribution in [3.05, 3.63) is 78.4 Å². The fourth-order valence-corrected chi connectivity index (χ4v) is 3.59. The molecule has 128 valence electrons. The molecule has 0 saturated carbocycles. The lowest BCUT2D eigenvalue weighted by Gasteiger charge is -2.11. The average molecular weight is 353 g/mol. The predicted molar refractivity (Wildman–Crippen MR) is 100 cm³/mol. The van der Waals surface area contributed by atoms with Gasteiger partial charge in [-0.2, -0.15) is 0 Å². The first-order valence-electron chi connectivity index (χ1n) is 7.82. The van der Waals surface area contributed by atoms with E-state index in [1.165, 1.54) is 0 Å². The third kappa shape index (κ3) is 3.83. The zero-order valence-electron chi connectivity index (χ0n) is 14.1. The maximum Gasteiger partial charge on any atom is 0.261 e. The number of ether oxygens (including phenoxy) is 1. The van der Waals surface area contributed by atoms with E-state index in [0.29, 0.717) is 5.69 Å². The second-order valence-corrected chi connectivity index (χ2v) is 7.38. The summed E-state index contributed by atoms with van der Waals surface area (Å²) in [4.78, 5) is 0.243. The highest BCUT2D eigenvalue weighted by atomic mass is 32.2. The summed E-state index contributed by atoms with van der Waals surface area (Å²) in [6, 6.07) is 21.7. The molecule has 0 amide bonds. The Kier molecular flexibility index (Phi) is 4.76. The Bertz CT molecular complexity index is 963. The van der Waals surface area contributed by atoms with Crippen LogP contribution in [0.4, 0.5) is 5.69 Å². The number of hydrogen-bond acceptors (Lipinski definition) is 3. The van der Waals surface area contributed by atoms with Gasteiger partial charge >= 0.3 is 0 Å². The second kappa shape index (κ2) is 6.99. The topological polar surface area (TPSA) is 55.4 Å².